The predicted molar refractivity (Wildman–Crippen MR) is 128 cm³/mol. The number of nitrogens with one attached hydrogen (secondary N) is 1. The van der Waals surface area contributed by atoms with Crippen LogP contribution in [0.4, 0.5) is 16.2 Å². The SMILES string of the molecule is CC(C)(C)[Si](C)(C)OCC1CN(c2cc(C#N)cc(NC(=O)O)c2Cl)CCN1C1COC1. The number of halogens is 1. The average Bonchev–Trinajstić information content (AvgIpc) is 2.66. The van der Waals surface area contributed by atoms with Gasteiger partial charge in [-0.15, -0.1) is 0 Å². The molecule has 1 atom stereocenters. The molecular formula is C22H33ClN4O4Si. The number of hydrogen-bond donors (Lipinski definition) is 2. The summed E-state index contributed by atoms with van der Waals surface area (Å²) < 4.78 is 12.0. The van der Waals surface area contributed by atoms with Gasteiger partial charge in [-0.2, -0.15) is 5.26 Å². The number of rotatable bonds is 6. The van der Waals surface area contributed by atoms with E-state index in [2.05, 4.69) is 55.1 Å². The number of nitriles is 1. The molecule has 2 N–H and O–H groups in total. The van der Waals surface area contributed by atoms with Crippen LogP contribution in [0.1, 0.15) is 26.3 Å². The maximum Gasteiger partial charge on any atom is 0.409 e. The molecule has 0 spiro atoms. The van der Waals surface area contributed by atoms with Crippen molar-refractivity contribution in [2.75, 3.05) is 49.7 Å². The summed E-state index contributed by atoms with van der Waals surface area (Å²) in [4.78, 5) is 15.8. The number of anilines is 2. The maximum absolute atomic E-state index is 11.2. The van der Waals surface area contributed by atoms with E-state index in [0.717, 1.165) is 19.8 Å². The normalized spacial score (nSPS) is 20.5. The van der Waals surface area contributed by atoms with Gasteiger partial charge in [-0.25, -0.2) is 4.79 Å². The number of amides is 1. The second kappa shape index (κ2) is 9.57. The lowest BCUT2D eigenvalue weighted by atomic mass is 10.1. The Morgan fingerprint density at radius 2 is 2.06 bits per heavy atom. The fourth-order valence-electron chi connectivity index (χ4n) is 3.76. The molecule has 10 heteroatoms. The molecule has 2 aliphatic rings. The Kier molecular flexibility index (Phi) is 7.42. The molecule has 2 fully saturated rings. The summed E-state index contributed by atoms with van der Waals surface area (Å²) in [5, 5.41) is 21.3. The molecule has 0 aliphatic carbocycles. The van der Waals surface area contributed by atoms with Gasteiger partial charge in [-0.05, 0) is 30.3 Å². The van der Waals surface area contributed by atoms with Crippen molar-refractivity contribution >= 4 is 37.4 Å². The highest BCUT2D eigenvalue weighted by Crippen LogP contribution is 2.38. The number of carbonyl (C=O) groups is 1. The van der Waals surface area contributed by atoms with Crippen LogP contribution in [0.2, 0.25) is 23.2 Å². The first-order valence-corrected chi connectivity index (χ1v) is 14.2. The summed E-state index contributed by atoms with van der Waals surface area (Å²) in [6.45, 7) is 15.5. The van der Waals surface area contributed by atoms with Crippen molar-refractivity contribution in [3.63, 3.8) is 0 Å². The van der Waals surface area contributed by atoms with Gasteiger partial charge in [0.05, 0.1) is 53.9 Å². The smallest absolute Gasteiger partial charge is 0.409 e. The molecule has 1 unspecified atom stereocenters. The van der Waals surface area contributed by atoms with Crippen LogP contribution in [-0.4, -0.2) is 76.0 Å². The first kappa shape index (κ1) is 24.8. The van der Waals surface area contributed by atoms with Gasteiger partial charge in [0.25, 0.3) is 0 Å². The Bertz CT molecular complexity index is 895. The lowest BCUT2D eigenvalue weighted by molar-refractivity contribution is -0.0872. The molecule has 32 heavy (non-hydrogen) atoms. The molecule has 0 saturated carbocycles. The lowest BCUT2D eigenvalue weighted by Gasteiger charge is -2.49. The largest absolute Gasteiger partial charge is 0.465 e. The van der Waals surface area contributed by atoms with Crippen molar-refractivity contribution in [2.45, 2.75) is 51.0 Å². The third-order valence-corrected chi connectivity index (χ3v) is 11.7. The van der Waals surface area contributed by atoms with Crippen molar-refractivity contribution in [3.8, 4) is 6.07 Å². The number of nitrogens with zero attached hydrogens (tertiary/aromatic N) is 3. The van der Waals surface area contributed by atoms with Crippen molar-refractivity contribution < 1.29 is 19.1 Å². The van der Waals surface area contributed by atoms with E-state index in [1.54, 1.807) is 6.07 Å². The Hall–Kier alpha value is -1.83. The van der Waals surface area contributed by atoms with Crippen LogP contribution in [0.25, 0.3) is 0 Å². The summed E-state index contributed by atoms with van der Waals surface area (Å²) in [6.07, 6.45) is -1.22. The zero-order valence-corrected chi connectivity index (χ0v) is 21.2. The number of ether oxygens (including phenoxy) is 1. The fourth-order valence-corrected chi connectivity index (χ4v) is 5.08. The molecular weight excluding hydrogens is 448 g/mol. The van der Waals surface area contributed by atoms with Crippen LogP contribution in [0, 0.1) is 11.3 Å². The third-order valence-electron chi connectivity index (χ3n) is 6.83. The second-order valence-electron chi connectivity index (χ2n) is 10.00. The van der Waals surface area contributed by atoms with Crippen LogP contribution >= 0.6 is 11.6 Å². The molecule has 176 valence electrons. The van der Waals surface area contributed by atoms with Gasteiger partial charge >= 0.3 is 6.09 Å². The van der Waals surface area contributed by atoms with E-state index in [-0.39, 0.29) is 16.8 Å². The van der Waals surface area contributed by atoms with E-state index in [1.807, 2.05) is 0 Å². The quantitative estimate of drug-likeness (QED) is 0.588. The molecule has 0 radical (unpaired) electrons. The summed E-state index contributed by atoms with van der Waals surface area (Å²) >= 11 is 6.57. The number of benzene rings is 1. The Labute approximate surface area is 196 Å². The van der Waals surface area contributed by atoms with Crippen molar-refractivity contribution in [2.24, 2.45) is 0 Å². The molecule has 0 bridgehead atoms. The van der Waals surface area contributed by atoms with Gasteiger partial charge in [0.2, 0.25) is 0 Å². The highest BCUT2D eigenvalue weighted by atomic mass is 35.5. The molecule has 1 amide bonds. The Morgan fingerprint density at radius 3 is 2.59 bits per heavy atom. The summed E-state index contributed by atoms with van der Waals surface area (Å²) in [5.41, 5.74) is 1.24. The van der Waals surface area contributed by atoms with Gasteiger partial charge in [0, 0.05) is 25.7 Å². The lowest BCUT2D eigenvalue weighted by Crippen LogP contribution is -2.63. The van der Waals surface area contributed by atoms with Crippen LogP contribution in [0.5, 0.6) is 0 Å². The number of piperazine rings is 1. The minimum absolute atomic E-state index is 0.119. The number of hydrogen-bond acceptors (Lipinski definition) is 6. The molecule has 8 nitrogen and oxygen atoms in total. The van der Waals surface area contributed by atoms with Crippen LogP contribution in [-0.2, 0) is 9.16 Å². The minimum atomic E-state index is -1.92. The van der Waals surface area contributed by atoms with E-state index in [1.165, 1.54) is 6.07 Å². The summed E-state index contributed by atoms with van der Waals surface area (Å²) in [7, 11) is -1.92. The van der Waals surface area contributed by atoms with Gasteiger partial charge < -0.3 is 19.2 Å². The standard InChI is InChI=1S/C22H33ClN4O4Si/c1-22(2,3)32(4,5)31-14-16-11-26(6-7-27(16)17-12-30-13-17)19-9-15(10-24)8-18(20(19)23)25-21(28)29/h8-9,16-17,25H,6-7,11-14H2,1-5H3,(H,28,29). The predicted octanol–water partition coefficient (Wildman–Crippen LogP) is 4.21. The maximum atomic E-state index is 11.2. The molecule has 1 aromatic carbocycles. The van der Waals surface area contributed by atoms with Crippen LogP contribution in [0.15, 0.2) is 12.1 Å². The van der Waals surface area contributed by atoms with Crippen molar-refractivity contribution in [1.82, 2.24) is 4.90 Å². The highest BCUT2D eigenvalue weighted by Gasteiger charge is 2.41. The Balaban J connectivity index is 1.85. The van der Waals surface area contributed by atoms with Gasteiger partial charge in [0.1, 0.15) is 0 Å². The first-order valence-electron chi connectivity index (χ1n) is 10.9. The van der Waals surface area contributed by atoms with Crippen molar-refractivity contribution in [1.29, 1.82) is 5.26 Å². The highest BCUT2D eigenvalue weighted by molar-refractivity contribution is 6.74. The van der Waals surface area contributed by atoms with Crippen molar-refractivity contribution in [3.05, 3.63) is 22.7 Å². The van der Waals surface area contributed by atoms with E-state index in [9.17, 15) is 10.1 Å². The average molecular weight is 481 g/mol. The molecule has 2 heterocycles. The van der Waals surface area contributed by atoms with Gasteiger partial charge in [-0.1, -0.05) is 32.4 Å². The van der Waals surface area contributed by atoms with E-state index in [0.29, 0.717) is 42.0 Å². The first-order chi connectivity index (χ1) is 14.9. The van der Waals surface area contributed by atoms with Crippen LogP contribution in [0.3, 0.4) is 0 Å². The van der Waals surface area contributed by atoms with Gasteiger partial charge in [-0.3, -0.25) is 10.2 Å². The fraction of sp³-hybridized carbons (Fsp3) is 0.636. The van der Waals surface area contributed by atoms with Gasteiger partial charge in [0.15, 0.2) is 8.32 Å². The van der Waals surface area contributed by atoms with E-state index in [4.69, 9.17) is 25.9 Å². The zero-order valence-electron chi connectivity index (χ0n) is 19.4. The number of carboxylic acid groups (broad SMARTS) is 1. The summed E-state index contributed by atoms with van der Waals surface area (Å²) in [5.74, 6) is 0. The monoisotopic (exact) mass is 480 g/mol. The molecule has 1 aromatic rings. The minimum Gasteiger partial charge on any atom is -0.465 e. The molecule has 2 saturated heterocycles. The molecule has 2 aliphatic heterocycles. The van der Waals surface area contributed by atoms with E-state index >= 15 is 0 Å². The Morgan fingerprint density at radius 1 is 1.38 bits per heavy atom. The topological polar surface area (TPSA) is 98.1 Å². The van der Waals surface area contributed by atoms with Crippen LogP contribution < -0.4 is 10.2 Å². The second-order valence-corrected chi connectivity index (χ2v) is 15.2. The zero-order chi connectivity index (χ0) is 23.7. The summed E-state index contributed by atoms with van der Waals surface area (Å²) in [6, 6.07) is 5.81. The molecule has 3 rings (SSSR count). The molecule has 0 aromatic heterocycles. The third kappa shape index (κ3) is 5.38. The van der Waals surface area contributed by atoms with E-state index < -0.39 is 14.4 Å².